The van der Waals surface area contributed by atoms with Crippen LogP contribution < -0.4 is 14.8 Å². The van der Waals surface area contributed by atoms with Crippen LogP contribution in [0.4, 0.5) is 22.7 Å². The molecule has 1 aliphatic heterocycles. The van der Waals surface area contributed by atoms with Gasteiger partial charge < -0.3 is 19.8 Å². The molecule has 0 unspecified atom stereocenters. The number of hydrogen-bond acceptors (Lipinski definition) is 4. The summed E-state index contributed by atoms with van der Waals surface area (Å²) in [6.07, 6.45) is 3.52. The van der Waals surface area contributed by atoms with E-state index < -0.39 is 0 Å². The molecule has 9 rings (SSSR count). The fourth-order valence-corrected chi connectivity index (χ4v) is 6.30. The van der Waals surface area contributed by atoms with Gasteiger partial charge in [0.25, 0.3) is 0 Å². The van der Waals surface area contributed by atoms with Gasteiger partial charge in [-0.15, -0.1) is 12.4 Å². The maximum atomic E-state index is 4.69. The normalized spacial score (nSPS) is 12.2. The molecule has 6 nitrogen and oxygen atoms in total. The first-order valence-electron chi connectivity index (χ1n) is 14.9. The Hall–Kier alpha value is -5.23. The Balaban J connectivity index is 0.000000145. The first kappa shape index (κ1) is 29.5. The second-order valence-corrected chi connectivity index (χ2v) is 11.1. The minimum Gasteiger partial charge on any atom is -0.493 e. The molecule has 0 fully saturated rings. The van der Waals surface area contributed by atoms with E-state index in [1.165, 1.54) is 28.2 Å². The Bertz CT molecular complexity index is 2210. The topological polar surface area (TPSA) is 51.3 Å². The zero-order valence-electron chi connectivity index (χ0n) is 25.3. The van der Waals surface area contributed by atoms with Crippen LogP contribution >= 0.6 is 0 Å². The molecule has 0 amide bonds. The minimum atomic E-state index is 0. The largest absolute Gasteiger partial charge is 3.00 e. The molecule has 0 aliphatic carbocycles. The van der Waals surface area contributed by atoms with Gasteiger partial charge in [0.1, 0.15) is 6.33 Å². The molecule has 1 aliphatic rings. The smallest absolute Gasteiger partial charge is 0.493 e. The standard InChI is InChI=1S/C20H15N4.C19H14N2.Ir/c1-12-6-5-7-13(2)19(12)24-11-23-18-17-16(21-10-22-17)14-8-3-4-9-15(14)20(18)24;1-3-9-16(10-4-1)20-15-21(17-11-5-2-6-12-17)19-14-8-7-13-18(19)20;/h3-11H,1-2H3;1-11,13-15H;/q-1;-2;+3. The van der Waals surface area contributed by atoms with E-state index in [9.17, 15) is 0 Å². The number of imidazole rings is 2. The van der Waals surface area contributed by atoms with Gasteiger partial charge in [0.2, 0.25) is 0 Å². The van der Waals surface area contributed by atoms with E-state index >= 15 is 0 Å². The van der Waals surface area contributed by atoms with Gasteiger partial charge in [-0.3, -0.25) is 4.57 Å². The van der Waals surface area contributed by atoms with E-state index in [0.717, 1.165) is 44.2 Å². The van der Waals surface area contributed by atoms with Gasteiger partial charge in [0.15, 0.2) is 0 Å². The van der Waals surface area contributed by atoms with Crippen LogP contribution in [0.5, 0.6) is 0 Å². The molecule has 6 aromatic carbocycles. The van der Waals surface area contributed by atoms with Crippen molar-refractivity contribution in [2.24, 2.45) is 0 Å². The first-order valence-corrected chi connectivity index (χ1v) is 14.9. The first-order chi connectivity index (χ1) is 22.2. The molecule has 46 heavy (non-hydrogen) atoms. The van der Waals surface area contributed by atoms with Crippen molar-refractivity contribution in [2.75, 3.05) is 9.80 Å². The number of para-hydroxylation sites is 5. The van der Waals surface area contributed by atoms with Crippen molar-refractivity contribution < 1.29 is 20.1 Å². The van der Waals surface area contributed by atoms with Crippen molar-refractivity contribution in [2.45, 2.75) is 13.8 Å². The number of aryl methyl sites for hydroxylation is 2. The van der Waals surface area contributed by atoms with E-state index in [1.54, 1.807) is 6.33 Å². The van der Waals surface area contributed by atoms with Crippen molar-refractivity contribution in [3.63, 3.8) is 0 Å². The van der Waals surface area contributed by atoms with Crippen LogP contribution in [-0.4, -0.2) is 14.5 Å². The van der Waals surface area contributed by atoms with Crippen LogP contribution in [0.15, 0.2) is 134 Å². The van der Waals surface area contributed by atoms with Crippen molar-refractivity contribution >= 4 is 55.6 Å². The maximum absolute atomic E-state index is 4.69. The molecule has 224 valence electrons. The minimum absolute atomic E-state index is 0. The molecule has 0 bridgehead atoms. The summed E-state index contributed by atoms with van der Waals surface area (Å²) < 4.78 is 2.19. The zero-order chi connectivity index (χ0) is 30.3. The summed E-state index contributed by atoms with van der Waals surface area (Å²) in [6, 6.07) is 44.8. The Morgan fingerprint density at radius 2 is 1.33 bits per heavy atom. The van der Waals surface area contributed by atoms with Gasteiger partial charge in [0.05, 0.1) is 16.7 Å². The molecular weight excluding hydrogens is 745 g/mol. The third-order valence-electron chi connectivity index (χ3n) is 8.33. The number of fused-ring (bicyclic) bond motifs is 7. The van der Waals surface area contributed by atoms with Crippen molar-refractivity contribution in [1.82, 2.24) is 19.5 Å². The maximum Gasteiger partial charge on any atom is 3.00 e. The van der Waals surface area contributed by atoms with Gasteiger partial charge in [-0.25, -0.2) is 4.98 Å². The molecule has 2 aromatic heterocycles. The van der Waals surface area contributed by atoms with E-state index in [2.05, 4.69) is 147 Å². The van der Waals surface area contributed by atoms with Crippen molar-refractivity contribution in [3.05, 3.63) is 158 Å². The molecule has 0 radical (unpaired) electrons. The Kier molecular flexibility index (Phi) is 7.87. The van der Waals surface area contributed by atoms with E-state index in [1.807, 2.05) is 36.7 Å². The monoisotopic (exact) mass is 774 g/mol. The fourth-order valence-electron chi connectivity index (χ4n) is 6.30. The Morgan fingerprint density at radius 3 is 2.07 bits per heavy atom. The van der Waals surface area contributed by atoms with Crippen LogP contribution in [0, 0.1) is 26.6 Å². The predicted molar refractivity (Wildman–Crippen MR) is 183 cm³/mol. The molecule has 3 heterocycles. The third-order valence-corrected chi connectivity index (χ3v) is 8.33. The number of benzene rings is 6. The van der Waals surface area contributed by atoms with Crippen molar-refractivity contribution in [3.8, 4) is 5.69 Å². The van der Waals surface area contributed by atoms with Gasteiger partial charge >= 0.3 is 20.1 Å². The van der Waals surface area contributed by atoms with Crippen molar-refractivity contribution in [1.29, 1.82) is 0 Å². The van der Waals surface area contributed by atoms with Crippen LogP contribution in [0.1, 0.15) is 11.1 Å². The molecule has 7 heteroatoms. The molecular formula is C39H29IrN6. The molecule has 0 atom stereocenters. The van der Waals surface area contributed by atoms with E-state index in [-0.39, 0.29) is 20.1 Å². The summed E-state index contributed by atoms with van der Waals surface area (Å²) in [6.45, 7) is 6.39. The summed E-state index contributed by atoms with van der Waals surface area (Å²) in [7, 11) is 0. The second kappa shape index (κ2) is 12.3. The molecule has 0 saturated carbocycles. The van der Waals surface area contributed by atoms with Crippen LogP contribution in [0.2, 0.25) is 0 Å². The van der Waals surface area contributed by atoms with Crippen LogP contribution in [0.3, 0.4) is 0 Å². The molecule has 0 N–H and O–H groups in total. The quantitative estimate of drug-likeness (QED) is 0.168. The number of nitrogens with zero attached hydrogens (tertiary/aromatic N) is 6. The van der Waals surface area contributed by atoms with Gasteiger partial charge in [-0.2, -0.15) is 30.3 Å². The number of hydrogen-bond donors (Lipinski definition) is 0. The number of rotatable bonds is 3. The average Bonchev–Trinajstić information content (AvgIpc) is 3.84. The Labute approximate surface area is 281 Å². The summed E-state index contributed by atoms with van der Waals surface area (Å²) in [4.78, 5) is 18.0. The number of aromatic nitrogens is 4. The second-order valence-electron chi connectivity index (χ2n) is 11.1. The van der Waals surface area contributed by atoms with Gasteiger partial charge in [-0.1, -0.05) is 79.1 Å². The molecule has 0 spiro atoms. The van der Waals surface area contributed by atoms with E-state index in [4.69, 9.17) is 0 Å². The predicted octanol–water partition coefficient (Wildman–Crippen LogP) is 9.19. The molecule has 0 saturated heterocycles. The summed E-state index contributed by atoms with van der Waals surface area (Å²) >= 11 is 0. The third kappa shape index (κ3) is 4.94. The average molecular weight is 774 g/mol. The van der Waals surface area contributed by atoms with E-state index in [0.29, 0.717) is 0 Å². The van der Waals surface area contributed by atoms with Gasteiger partial charge in [0, 0.05) is 22.4 Å². The summed E-state index contributed by atoms with van der Waals surface area (Å²) in [5, 5.41) is 2.27. The fraction of sp³-hybridized carbons (Fsp3) is 0.0513. The summed E-state index contributed by atoms with van der Waals surface area (Å²) in [5.41, 5.74) is 12.0. The summed E-state index contributed by atoms with van der Waals surface area (Å²) in [5.74, 6) is 0. The van der Waals surface area contributed by atoms with Crippen LogP contribution in [-0.2, 0) is 20.1 Å². The number of anilines is 4. The van der Waals surface area contributed by atoms with Gasteiger partial charge in [-0.05, 0) is 65.7 Å². The zero-order valence-corrected chi connectivity index (χ0v) is 27.7. The Morgan fingerprint density at radius 1 is 0.652 bits per heavy atom. The van der Waals surface area contributed by atoms with Crippen LogP contribution in [0.25, 0.3) is 38.5 Å². The SMILES string of the molecule is Cc1cccc(C)c1-n1cnc2c3[n-]cnc3c3ccccc3c21.[Ir+3].[c-]1ccccc1N1[CH-]N(c2ccccc2)c2ccccc21. The molecule has 8 aromatic rings.